The first-order valence-electron chi connectivity index (χ1n) is 11.9. The number of halogens is 5. The number of methoxy groups -OCH3 is 1. The largest absolute Gasteiger partial charge is 0.494 e. The van der Waals surface area contributed by atoms with E-state index in [4.69, 9.17) is 26.8 Å². The van der Waals surface area contributed by atoms with Gasteiger partial charge in [0.25, 0.3) is 0 Å². The number of hydrogen-bond donors (Lipinski definition) is 3. The van der Waals surface area contributed by atoms with E-state index in [0.717, 1.165) is 6.92 Å². The smallest absolute Gasteiger partial charge is 0.418 e. The average Bonchev–Trinajstić information content (AvgIpc) is 2.87. The predicted molar refractivity (Wildman–Crippen MR) is 134 cm³/mol. The number of nitrogens with one attached hydrogen (secondary N) is 2. The lowest BCUT2D eigenvalue weighted by atomic mass is 9.93. The van der Waals surface area contributed by atoms with Gasteiger partial charge in [-0.25, -0.2) is 9.37 Å². The summed E-state index contributed by atoms with van der Waals surface area (Å²) in [4.78, 5) is 12.3. The molecular formula is C24H31ClF4N6O2. The molecule has 2 aromatic rings. The highest BCUT2D eigenvalue weighted by molar-refractivity contribution is 6.33. The van der Waals surface area contributed by atoms with Crippen LogP contribution in [0.1, 0.15) is 56.4 Å². The van der Waals surface area contributed by atoms with Crippen LogP contribution in [0.15, 0.2) is 0 Å². The van der Waals surface area contributed by atoms with E-state index < -0.39 is 39.8 Å². The number of nitrogens with two attached hydrogens (primary N) is 1. The van der Waals surface area contributed by atoms with Crippen molar-refractivity contribution in [3.63, 3.8) is 0 Å². The number of rotatable bonds is 4. The molecule has 1 aliphatic heterocycles. The fourth-order valence-corrected chi connectivity index (χ4v) is 4.54. The number of anilines is 2. The van der Waals surface area contributed by atoms with Gasteiger partial charge >= 0.3 is 12.2 Å². The molecule has 0 fully saturated rings. The van der Waals surface area contributed by atoms with Crippen LogP contribution in [-0.2, 0) is 10.9 Å². The molecule has 0 bridgehead atoms. The van der Waals surface area contributed by atoms with Gasteiger partial charge in [0.2, 0.25) is 0 Å². The van der Waals surface area contributed by atoms with E-state index in [-0.39, 0.29) is 34.3 Å². The molecule has 2 atom stereocenters. The van der Waals surface area contributed by atoms with Crippen LogP contribution in [0.2, 0.25) is 5.02 Å². The Hall–Kier alpha value is -2.86. The number of nitrogens with zero attached hydrogens (tertiary/aromatic N) is 3. The second-order valence-electron chi connectivity index (χ2n) is 8.71. The van der Waals surface area contributed by atoms with E-state index in [0.29, 0.717) is 38.2 Å². The summed E-state index contributed by atoms with van der Waals surface area (Å²) < 4.78 is 69.9. The molecule has 13 heteroatoms. The molecule has 0 saturated heterocycles. The van der Waals surface area contributed by atoms with E-state index in [1.54, 1.807) is 0 Å². The molecule has 4 N–H and O–H groups in total. The lowest BCUT2D eigenvalue weighted by Gasteiger charge is -2.22. The number of aryl methyl sites for hydroxylation is 1. The first-order valence-corrected chi connectivity index (χ1v) is 12.3. The highest BCUT2D eigenvalue weighted by atomic mass is 35.5. The Bertz CT molecular complexity index is 1270. The molecule has 3 rings (SSSR count). The highest BCUT2D eigenvalue weighted by Crippen LogP contribution is 2.44. The molecule has 37 heavy (non-hydrogen) atoms. The molecule has 0 aromatic carbocycles. The summed E-state index contributed by atoms with van der Waals surface area (Å²) in [7, 11) is 1.31. The Labute approximate surface area is 217 Å². The number of fused-ring (bicyclic) bond motifs is 1. The Balaban J connectivity index is 2.45. The maximum Gasteiger partial charge on any atom is 0.418 e. The fraction of sp³-hybridized carbons (Fsp3) is 0.542. The van der Waals surface area contributed by atoms with E-state index in [2.05, 4.69) is 25.6 Å². The first-order chi connectivity index (χ1) is 17.4. The maximum atomic E-state index is 16.4. The van der Waals surface area contributed by atoms with Gasteiger partial charge in [0, 0.05) is 25.4 Å². The SMILES string of the molecule is CC/C1=c2/c(nc(OC)n/c2=C(\F)C(C)c2c(Cl)c(N)nc(C)c2C(F)(F)F)NCCNCCC(C)O1. The summed E-state index contributed by atoms with van der Waals surface area (Å²) in [6.07, 6.45) is -4.03. The summed E-state index contributed by atoms with van der Waals surface area (Å²) >= 11 is 6.21. The van der Waals surface area contributed by atoms with Crippen LogP contribution in [0.25, 0.3) is 11.6 Å². The summed E-state index contributed by atoms with van der Waals surface area (Å²) in [6, 6.07) is -0.164. The molecule has 204 valence electrons. The molecule has 2 aromatic heterocycles. The Kier molecular flexibility index (Phi) is 9.06. The zero-order valence-electron chi connectivity index (χ0n) is 21.3. The van der Waals surface area contributed by atoms with Crippen molar-refractivity contribution in [3.05, 3.63) is 32.4 Å². The van der Waals surface area contributed by atoms with Gasteiger partial charge in [-0.3, -0.25) is 0 Å². The third-order valence-electron chi connectivity index (χ3n) is 6.04. The number of hydrogen-bond acceptors (Lipinski definition) is 8. The van der Waals surface area contributed by atoms with Crippen molar-refractivity contribution < 1.29 is 27.0 Å². The Morgan fingerprint density at radius 1 is 1.24 bits per heavy atom. The van der Waals surface area contributed by atoms with Crippen LogP contribution >= 0.6 is 11.6 Å². The van der Waals surface area contributed by atoms with E-state index in [1.807, 2.05) is 13.8 Å². The summed E-state index contributed by atoms with van der Waals surface area (Å²) in [5, 5.41) is 5.91. The van der Waals surface area contributed by atoms with Crippen molar-refractivity contribution in [2.45, 2.75) is 58.7 Å². The minimum absolute atomic E-state index is 0.164. The van der Waals surface area contributed by atoms with Crippen LogP contribution in [0, 0.1) is 6.92 Å². The molecule has 1 aliphatic rings. The summed E-state index contributed by atoms with van der Waals surface area (Å²) in [5.41, 5.74) is 3.71. The van der Waals surface area contributed by atoms with E-state index >= 15 is 4.39 Å². The van der Waals surface area contributed by atoms with Crippen molar-refractivity contribution in [1.82, 2.24) is 20.3 Å². The number of alkyl halides is 3. The second kappa shape index (κ2) is 11.7. The average molecular weight is 547 g/mol. The van der Waals surface area contributed by atoms with Crippen molar-refractivity contribution in [2.24, 2.45) is 0 Å². The highest BCUT2D eigenvalue weighted by Gasteiger charge is 2.40. The van der Waals surface area contributed by atoms with E-state index in [1.165, 1.54) is 14.0 Å². The standard InChI is InChI=1S/C24H31ClF4N6O2/c1-6-14-16-20(34-23(36-5)35-22(16)32-10-9-31-8-7-11(2)37-14)19(26)12(3)15-17(24(27,28)29)13(4)33-21(30)18(15)25/h11-12,31H,6-10H2,1-5H3,(H2,30,33)(H,32,34,35)/b16-14-,20-19-. The van der Waals surface area contributed by atoms with Crippen molar-refractivity contribution in [1.29, 1.82) is 0 Å². The van der Waals surface area contributed by atoms with Crippen molar-refractivity contribution in [3.8, 4) is 6.01 Å². The van der Waals surface area contributed by atoms with Crippen molar-refractivity contribution in [2.75, 3.05) is 37.8 Å². The summed E-state index contributed by atoms with van der Waals surface area (Å²) in [6.45, 7) is 7.87. The van der Waals surface area contributed by atoms with Gasteiger partial charge in [0.05, 0.1) is 34.7 Å². The lowest BCUT2D eigenvalue weighted by Crippen LogP contribution is -2.38. The topological polar surface area (TPSA) is 107 Å². The van der Waals surface area contributed by atoms with Gasteiger partial charge < -0.3 is 25.8 Å². The molecule has 0 saturated carbocycles. The van der Waals surface area contributed by atoms with Gasteiger partial charge in [0.1, 0.15) is 28.6 Å². The van der Waals surface area contributed by atoms with E-state index in [9.17, 15) is 13.2 Å². The molecular weight excluding hydrogens is 516 g/mol. The molecule has 0 radical (unpaired) electrons. The van der Waals surface area contributed by atoms with Crippen LogP contribution in [0.5, 0.6) is 6.01 Å². The molecule has 8 nitrogen and oxygen atoms in total. The third kappa shape index (κ3) is 6.18. The monoisotopic (exact) mass is 546 g/mol. The fourth-order valence-electron chi connectivity index (χ4n) is 4.24. The van der Waals surface area contributed by atoms with Gasteiger partial charge in [0.15, 0.2) is 0 Å². The predicted octanol–water partition coefficient (Wildman–Crippen LogP) is 3.65. The first kappa shape index (κ1) is 28.7. The maximum absolute atomic E-state index is 16.4. The minimum Gasteiger partial charge on any atom is -0.494 e. The number of pyridine rings is 1. The zero-order chi connectivity index (χ0) is 27.5. The Morgan fingerprint density at radius 2 is 1.95 bits per heavy atom. The number of nitrogen functional groups attached to an aromatic ring is 1. The van der Waals surface area contributed by atoms with Crippen LogP contribution < -0.4 is 31.7 Å². The molecule has 0 spiro atoms. The number of aromatic nitrogens is 3. The van der Waals surface area contributed by atoms with Crippen molar-refractivity contribution >= 4 is 34.8 Å². The molecule has 2 unspecified atom stereocenters. The zero-order valence-corrected chi connectivity index (χ0v) is 22.1. The third-order valence-corrected chi connectivity index (χ3v) is 6.44. The molecule has 3 heterocycles. The van der Waals surface area contributed by atoms with Gasteiger partial charge in [-0.1, -0.05) is 25.4 Å². The number of ether oxygens (including phenoxy) is 2. The van der Waals surface area contributed by atoms with Crippen LogP contribution in [0.4, 0.5) is 29.2 Å². The minimum atomic E-state index is -4.85. The van der Waals surface area contributed by atoms with Crippen LogP contribution in [0.3, 0.4) is 0 Å². The molecule has 0 aliphatic carbocycles. The van der Waals surface area contributed by atoms with Gasteiger partial charge in [-0.15, -0.1) is 0 Å². The molecule has 0 amide bonds. The summed E-state index contributed by atoms with van der Waals surface area (Å²) in [5.74, 6) is -2.17. The Morgan fingerprint density at radius 3 is 2.57 bits per heavy atom. The normalized spacial score (nSPS) is 20.1. The van der Waals surface area contributed by atoms with Gasteiger partial charge in [-0.2, -0.15) is 23.1 Å². The van der Waals surface area contributed by atoms with Crippen LogP contribution in [-0.4, -0.2) is 47.8 Å². The second-order valence-corrected chi connectivity index (χ2v) is 9.08. The quantitative estimate of drug-likeness (QED) is 0.499. The van der Waals surface area contributed by atoms with Gasteiger partial charge in [-0.05, 0) is 32.4 Å². The lowest BCUT2D eigenvalue weighted by molar-refractivity contribution is -0.139.